The number of aliphatic hydroxyl groups excluding tert-OH is 1. The number of aromatic nitrogens is 3. The minimum atomic E-state index is -6.20. The smallest absolute Gasteiger partial charge is 0.351 e. The minimum absolute atomic E-state index is 0.0168. The molecule has 3 rings (SSSR count). The monoisotopic (exact) mass is 655 g/mol. The number of carbonyl (C=O) groups excluding carboxylic acids is 1. The molecule has 25 heteroatoms. The number of anilines is 1. The number of ether oxygens (including phenoxy) is 1. The van der Waals surface area contributed by atoms with E-state index in [0.717, 1.165) is 10.8 Å². The number of aliphatic hydroxyl groups is 1. The highest BCUT2D eigenvalue weighted by Crippen LogP contribution is 2.61. The van der Waals surface area contributed by atoms with E-state index in [1.165, 1.54) is 18.3 Å². The zero-order chi connectivity index (χ0) is 31.3. The van der Waals surface area contributed by atoms with E-state index >= 15 is 0 Å². The number of rotatable bonds is 11. The molecule has 0 spiro atoms. The highest BCUT2D eigenvalue weighted by atomic mass is 31.3. The molecule has 3 heterocycles. The number of nitrogens with two attached hydrogens (primary N) is 2. The van der Waals surface area contributed by atoms with Crippen LogP contribution in [-0.2, 0) is 36.6 Å². The van der Waals surface area contributed by atoms with Crippen LogP contribution < -0.4 is 42.2 Å². The molecule has 1 amide bonds. The van der Waals surface area contributed by atoms with Crippen LogP contribution >= 0.6 is 23.5 Å². The highest BCUT2D eigenvalue weighted by Gasteiger charge is 2.39. The maximum absolute atomic E-state index is 12.3. The standard InChI is InChI=1S/C17H21N6O16P3/c18-14-10(2-1-5-20-15(25)9-3-4-12(35-19)21-7-9)8-23(17(26)22-14)13-6-11(24)16(34-13)36-37-41(30,31)39-42(32,33)38-40(27,28)29/h3-4,7-8,11,13,16,24H,5-6,19H2,(H,20,25)(H,30,31)(H,32,33)(H2,18,22,26)(H2,27,28,29)/p-3. The van der Waals surface area contributed by atoms with Crippen molar-refractivity contribution >= 4 is 35.2 Å². The second-order valence-corrected chi connectivity index (χ2v) is 11.9. The molecule has 1 saturated heterocycles. The van der Waals surface area contributed by atoms with Gasteiger partial charge in [0.1, 0.15) is 18.1 Å². The Bertz CT molecular complexity index is 1570. The molecule has 0 bridgehead atoms. The van der Waals surface area contributed by atoms with E-state index in [2.05, 4.69) is 50.1 Å². The summed E-state index contributed by atoms with van der Waals surface area (Å²) in [5.41, 5.74) is 4.89. The lowest BCUT2D eigenvalue weighted by atomic mass is 10.2. The number of phosphoric acid groups is 3. The number of nitrogens with zero attached hydrogens (tertiary/aromatic N) is 3. The lowest BCUT2D eigenvalue weighted by molar-refractivity contribution is -0.370. The van der Waals surface area contributed by atoms with Crippen LogP contribution in [0.15, 0.2) is 29.3 Å². The van der Waals surface area contributed by atoms with Gasteiger partial charge in [0.05, 0.1) is 17.7 Å². The van der Waals surface area contributed by atoms with Crippen LogP contribution in [0, 0.1) is 11.8 Å². The second kappa shape index (κ2) is 13.5. The van der Waals surface area contributed by atoms with Gasteiger partial charge in [-0.05, 0) is 6.07 Å². The van der Waals surface area contributed by atoms with E-state index in [4.69, 9.17) is 21.3 Å². The Morgan fingerprint density at radius 2 is 1.95 bits per heavy atom. The molecular weight excluding hydrogens is 637 g/mol. The summed E-state index contributed by atoms with van der Waals surface area (Å²) >= 11 is 0. The van der Waals surface area contributed by atoms with Crippen molar-refractivity contribution in [3.05, 3.63) is 46.1 Å². The number of hydrogen-bond acceptors (Lipinski definition) is 19. The third kappa shape index (κ3) is 9.74. The van der Waals surface area contributed by atoms with Crippen molar-refractivity contribution in [3.63, 3.8) is 0 Å². The largest absolute Gasteiger partial charge is 0.756 e. The Hall–Kier alpha value is -3.09. The molecule has 1 aliphatic rings. The summed E-state index contributed by atoms with van der Waals surface area (Å²) in [6.45, 7) is -0.179. The summed E-state index contributed by atoms with van der Waals surface area (Å²) in [5.74, 6) is 9.37. The van der Waals surface area contributed by atoms with Crippen LogP contribution in [0.25, 0.3) is 0 Å². The molecule has 2 aromatic heterocycles. The van der Waals surface area contributed by atoms with Gasteiger partial charge in [0.2, 0.25) is 12.2 Å². The topological polar surface area (TPSA) is 345 Å². The molecule has 1 aliphatic heterocycles. The van der Waals surface area contributed by atoms with E-state index in [1.807, 2.05) is 0 Å². The lowest BCUT2D eigenvalue weighted by Gasteiger charge is -2.32. The summed E-state index contributed by atoms with van der Waals surface area (Å²) < 4.78 is 49.6. The molecule has 0 aliphatic carbocycles. The SMILES string of the molecule is NOc1ccc(C(=O)NCC#Cc2cn(C3CC(O)C(OOP(=O)([O-])OP(=O)([O-])OP(=O)([O-])O)O3)c(=O)nc2N)cn1. The van der Waals surface area contributed by atoms with Gasteiger partial charge in [-0.3, -0.25) is 23.1 Å². The number of hydrogen-bond donors (Lipinski definition) is 5. The number of nitrogens with one attached hydrogen (secondary N) is 1. The predicted octanol–water partition coefficient (Wildman–Crippen LogP) is -3.76. The van der Waals surface area contributed by atoms with Crippen molar-refractivity contribution in [2.75, 3.05) is 12.3 Å². The lowest BCUT2D eigenvalue weighted by Crippen LogP contribution is -2.29. The van der Waals surface area contributed by atoms with Gasteiger partial charge >= 0.3 is 13.5 Å². The molecule has 0 aromatic carbocycles. The van der Waals surface area contributed by atoms with E-state index < -0.39 is 60.1 Å². The second-order valence-electron chi connectivity index (χ2n) is 7.68. The molecule has 0 radical (unpaired) electrons. The summed E-state index contributed by atoms with van der Waals surface area (Å²) in [6.07, 6.45) is -3.15. The zero-order valence-corrected chi connectivity index (χ0v) is 23.1. The Morgan fingerprint density at radius 3 is 2.57 bits per heavy atom. The first kappa shape index (κ1) is 33.4. The van der Waals surface area contributed by atoms with Gasteiger partial charge in [-0.2, -0.15) is 20.4 Å². The molecule has 0 saturated carbocycles. The van der Waals surface area contributed by atoms with Gasteiger partial charge in [-0.15, -0.1) is 0 Å². The molecule has 1 fully saturated rings. The minimum Gasteiger partial charge on any atom is -0.756 e. The maximum Gasteiger partial charge on any atom is 0.351 e. The van der Waals surface area contributed by atoms with Gasteiger partial charge in [0.25, 0.3) is 21.6 Å². The van der Waals surface area contributed by atoms with E-state index in [9.17, 15) is 43.1 Å². The number of amides is 1. The molecule has 7 N–H and O–H groups in total. The maximum atomic E-state index is 12.3. The fourth-order valence-electron chi connectivity index (χ4n) is 2.99. The molecule has 2 aromatic rings. The van der Waals surface area contributed by atoms with Crippen molar-refractivity contribution in [2.24, 2.45) is 5.90 Å². The molecule has 6 atom stereocenters. The predicted molar refractivity (Wildman–Crippen MR) is 125 cm³/mol. The van der Waals surface area contributed by atoms with Gasteiger partial charge in [-0.1, -0.05) is 11.8 Å². The summed E-state index contributed by atoms with van der Waals surface area (Å²) in [4.78, 5) is 82.3. The van der Waals surface area contributed by atoms with Crippen LogP contribution in [0.4, 0.5) is 5.82 Å². The molecule has 6 unspecified atom stereocenters. The van der Waals surface area contributed by atoms with Crippen LogP contribution in [0.2, 0.25) is 0 Å². The highest BCUT2D eigenvalue weighted by molar-refractivity contribution is 7.65. The van der Waals surface area contributed by atoms with Gasteiger partial charge in [-0.25, -0.2) is 18.4 Å². The average molecular weight is 655 g/mol. The zero-order valence-electron chi connectivity index (χ0n) is 20.4. The third-order valence-electron chi connectivity index (χ3n) is 4.65. The normalized spacial score (nSPS) is 22.6. The first-order chi connectivity index (χ1) is 19.5. The fraction of sp³-hybridized carbons (Fsp3) is 0.294. The van der Waals surface area contributed by atoms with E-state index in [-0.39, 0.29) is 29.4 Å². The molecular formula is C17H18N6O16P3-3. The van der Waals surface area contributed by atoms with Crippen LogP contribution in [-0.4, -0.2) is 49.4 Å². The number of carbonyl (C=O) groups is 1. The van der Waals surface area contributed by atoms with Crippen molar-refractivity contribution in [3.8, 4) is 17.7 Å². The molecule has 230 valence electrons. The van der Waals surface area contributed by atoms with Crippen molar-refractivity contribution in [1.82, 2.24) is 19.9 Å². The summed E-state index contributed by atoms with van der Waals surface area (Å²) in [7, 11) is -18.2. The van der Waals surface area contributed by atoms with Crippen molar-refractivity contribution in [1.29, 1.82) is 0 Å². The summed E-state index contributed by atoms with van der Waals surface area (Å²) in [5, 5.41) is 12.6. The Kier molecular flexibility index (Phi) is 10.7. The fourth-order valence-corrected chi connectivity index (χ4v) is 5.67. The Balaban J connectivity index is 1.62. The molecule has 22 nitrogen and oxygen atoms in total. The van der Waals surface area contributed by atoms with E-state index in [0.29, 0.717) is 0 Å². The van der Waals surface area contributed by atoms with Crippen molar-refractivity contribution in [2.45, 2.75) is 25.0 Å². The van der Waals surface area contributed by atoms with Crippen LogP contribution in [0.3, 0.4) is 0 Å². The Morgan fingerprint density at radius 1 is 1.24 bits per heavy atom. The first-order valence-corrected chi connectivity index (χ1v) is 15.2. The summed E-state index contributed by atoms with van der Waals surface area (Å²) in [6, 6.07) is 2.76. The van der Waals surface area contributed by atoms with E-state index in [1.54, 1.807) is 0 Å². The van der Waals surface area contributed by atoms with Crippen molar-refractivity contribution < 1.29 is 70.9 Å². The number of nitrogen functional groups attached to an aromatic ring is 1. The van der Waals surface area contributed by atoms with Gasteiger partial charge in [0, 0.05) is 24.9 Å². The van der Waals surface area contributed by atoms with Gasteiger partial charge < -0.3 is 45.3 Å². The first-order valence-electron chi connectivity index (χ1n) is 10.7. The Labute approximate surface area is 233 Å². The van der Waals surface area contributed by atoms with Crippen LogP contribution in [0.1, 0.15) is 28.6 Å². The van der Waals surface area contributed by atoms with Crippen LogP contribution in [0.5, 0.6) is 5.88 Å². The average Bonchev–Trinajstić information content (AvgIpc) is 3.24. The molecule has 42 heavy (non-hydrogen) atoms. The van der Waals surface area contributed by atoms with Gasteiger partial charge in [0.15, 0.2) is 0 Å². The third-order valence-corrected chi connectivity index (χ3v) is 8.15. The number of pyridine rings is 1. The quantitative estimate of drug-likeness (QED) is 0.0671.